The molecule has 1 aliphatic rings. The lowest BCUT2D eigenvalue weighted by atomic mass is 9.89. The minimum atomic E-state index is -0.425. The summed E-state index contributed by atoms with van der Waals surface area (Å²) in [4.78, 5) is 23.3. The number of anilines is 1. The fourth-order valence-corrected chi connectivity index (χ4v) is 2.04. The largest absolute Gasteiger partial charge is 0.378 e. The van der Waals surface area contributed by atoms with Gasteiger partial charge in [0.25, 0.3) is 5.56 Å². The number of aryl methyl sites for hydroxylation is 1. The van der Waals surface area contributed by atoms with E-state index in [1.807, 2.05) is 6.92 Å². The van der Waals surface area contributed by atoms with E-state index in [0.29, 0.717) is 6.61 Å². The molecule has 0 saturated heterocycles. The lowest BCUT2D eigenvalue weighted by molar-refractivity contribution is 0.00286. The van der Waals surface area contributed by atoms with E-state index in [1.54, 1.807) is 0 Å². The van der Waals surface area contributed by atoms with Crippen LogP contribution < -0.4 is 16.6 Å². The highest BCUT2D eigenvalue weighted by Gasteiger charge is 2.30. The fraction of sp³-hybridized carbons (Fsp3) is 0.727. The molecule has 2 rings (SSSR count). The molecule has 100 valence electrons. The van der Waals surface area contributed by atoms with Gasteiger partial charge in [-0.2, -0.15) is 0 Å². The zero-order valence-corrected chi connectivity index (χ0v) is 10.8. The molecule has 0 aromatic carbocycles. The van der Waals surface area contributed by atoms with Crippen LogP contribution in [0.4, 0.5) is 5.82 Å². The monoisotopic (exact) mass is 254 g/mol. The van der Waals surface area contributed by atoms with Crippen molar-refractivity contribution in [2.75, 3.05) is 11.9 Å². The second-order valence-electron chi connectivity index (χ2n) is 4.51. The number of nitrogens with zero attached hydrogens (tertiary/aromatic N) is 3. The van der Waals surface area contributed by atoms with Gasteiger partial charge in [-0.25, -0.2) is 9.48 Å². The number of hydrogen-bond acceptors (Lipinski definition) is 5. The van der Waals surface area contributed by atoms with Gasteiger partial charge in [0.05, 0.1) is 6.10 Å². The first-order chi connectivity index (χ1) is 8.52. The molecular weight excluding hydrogens is 236 g/mol. The van der Waals surface area contributed by atoms with Crippen molar-refractivity contribution in [3.63, 3.8) is 0 Å². The normalized spacial score (nSPS) is 22.6. The highest BCUT2D eigenvalue weighted by atomic mass is 16.5. The van der Waals surface area contributed by atoms with Gasteiger partial charge in [-0.05, 0) is 19.8 Å². The number of aromatic nitrogens is 3. The molecule has 1 aliphatic carbocycles. The third-order valence-electron chi connectivity index (χ3n) is 3.16. The Morgan fingerprint density at radius 2 is 2.06 bits per heavy atom. The average molecular weight is 254 g/mol. The quantitative estimate of drug-likeness (QED) is 0.780. The first-order valence-electron chi connectivity index (χ1n) is 6.05. The zero-order valence-electron chi connectivity index (χ0n) is 10.8. The van der Waals surface area contributed by atoms with E-state index in [-0.39, 0.29) is 18.0 Å². The first-order valence-corrected chi connectivity index (χ1v) is 6.05. The molecule has 1 aromatic heterocycles. The van der Waals surface area contributed by atoms with E-state index < -0.39 is 11.2 Å². The van der Waals surface area contributed by atoms with Gasteiger partial charge in [0.1, 0.15) is 0 Å². The van der Waals surface area contributed by atoms with Gasteiger partial charge >= 0.3 is 5.69 Å². The summed E-state index contributed by atoms with van der Waals surface area (Å²) in [5.74, 6) is 0.222. The lowest BCUT2D eigenvalue weighted by Gasteiger charge is -2.35. The van der Waals surface area contributed by atoms with Gasteiger partial charge in [0.2, 0.25) is 5.82 Å². The molecule has 0 spiro atoms. The molecule has 1 saturated carbocycles. The molecule has 0 atom stereocenters. The van der Waals surface area contributed by atoms with E-state index in [1.165, 1.54) is 14.1 Å². The van der Waals surface area contributed by atoms with Crippen LogP contribution in [0.5, 0.6) is 0 Å². The van der Waals surface area contributed by atoms with E-state index in [4.69, 9.17) is 4.74 Å². The van der Waals surface area contributed by atoms with Crippen molar-refractivity contribution in [1.29, 1.82) is 0 Å². The molecule has 0 unspecified atom stereocenters. The molecular formula is C11H18N4O3. The van der Waals surface area contributed by atoms with Gasteiger partial charge in [-0.15, -0.1) is 5.10 Å². The predicted octanol–water partition coefficient (Wildman–Crippen LogP) is -0.542. The minimum absolute atomic E-state index is 0.194. The molecule has 1 heterocycles. The van der Waals surface area contributed by atoms with Crippen LogP contribution in [0.3, 0.4) is 0 Å². The van der Waals surface area contributed by atoms with Crippen molar-refractivity contribution < 1.29 is 4.74 Å². The number of nitrogens with one attached hydrogen (secondary N) is 1. The average Bonchev–Trinajstić information content (AvgIpc) is 2.30. The van der Waals surface area contributed by atoms with Crippen LogP contribution in [0.15, 0.2) is 9.59 Å². The van der Waals surface area contributed by atoms with E-state index in [0.717, 1.165) is 22.1 Å². The predicted molar refractivity (Wildman–Crippen MR) is 66.8 cm³/mol. The Labute approximate surface area is 104 Å². The molecule has 1 aromatic rings. The summed E-state index contributed by atoms with van der Waals surface area (Å²) in [7, 11) is 2.97. The molecule has 0 radical (unpaired) electrons. The summed E-state index contributed by atoms with van der Waals surface area (Å²) in [5.41, 5.74) is -0.815. The Balaban J connectivity index is 2.08. The van der Waals surface area contributed by atoms with Gasteiger partial charge < -0.3 is 10.1 Å². The highest BCUT2D eigenvalue weighted by molar-refractivity contribution is 5.32. The second-order valence-corrected chi connectivity index (χ2v) is 4.51. The van der Waals surface area contributed by atoms with Crippen molar-refractivity contribution in [2.45, 2.75) is 31.9 Å². The lowest BCUT2D eigenvalue weighted by Crippen LogP contribution is -2.45. The van der Waals surface area contributed by atoms with Crippen LogP contribution in [0.2, 0.25) is 0 Å². The maximum atomic E-state index is 11.8. The molecule has 7 nitrogen and oxygen atoms in total. The van der Waals surface area contributed by atoms with Crippen LogP contribution in [-0.4, -0.2) is 33.1 Å². The Kier molecular flexibility index (Phi) is 3.51. The molecule has 0 bridgehead atoms. The van der Waals surface area contributed by atoms with Gasteiger partial charge in [0.15, 0.2) is 0 Å². The van der Waals surface area contributed by atoms with Gasteiger partial charge in [-0.3, -0.25) is 9.36 Å². The topological polar surface area (TPSA) is 78.2 Å². The Hall–Kier alpha value is -1.63. The van der Waals surface area contributed by atoms with Gasteiger partial charge in [0, 0.05) is 26.7 Å². The maximum absolute atomic E-state index is 11.8. The summed E-state index contributed by atoms with van der Waals surface area (Å²) in [5, 5.41) is 7.00. The maximum Gasteiger partial charge on any atom is 0.346 e. The number of ether oxygens (including phenoxy) is 1. The van der Waals surface area contributed by atoms with E-state index >= 15 is 0 Å². The fourth-order valence-electron chi connectivity index (χ4n) is 2.04. The molecule has 1 N–H and O–H groups in total. The second kappa shape index (κ2) is 4.93. The smallest absolute Gasteiger partial charge is 0.346 e. The molecule has 18 heavy (non-hydrogen) atoms. The molecule has 1 fully saturated rings. The SMILES string of the molecule is CCOC1CC(Nc2nn(C)c(=O)n(C)c2=O)C1. The zero-order chi connectivity index (χ0) is 13.3. The Bertz CT molecular complexity index is 542. The summed E-state index contributed by atoms with van der Waals surface area (Å²) in [6.07, 6.45) is 1.99. The number of hydrogen-bond donors (Lipinski definition) is 1. The van der Waals surface area contributed by atoms with Crippen molar-refractivity contribution in [1.82, 2.24) is 14.3 Å². The number of rotatable bonds is 4. The van der Waals surface area contributed by atoms with Crippen molar-refractivity contribution in [2.24, 2.45) is 14.1 Å². The van der Waals surface area contributed by atoms with Crippen LogP contribution in [0.25, 0.3) is 0 Å². The third-order valence-corrected chi connectivity index (χ3v) is 3.16. The van der Waals surface area contributed by atoms with E-state index in [9.17, 15) is 9.59 Å². The van der Waals surface area contributed by atoms with Crippen LogP contribution in [-0.2, 0) is 18.8 Å². The Morgan fingerprint density at radius 1 is 1.39 bits per heavy atom. The van der Waals surface area contributed by atoms with E-state index in [2.05, 4.69) is 10.4 Å². The standard InChI is InChI=1S/C11H18N4O3/c1-4-18-8-5-7(6-8)12-9-10(16)14(2)11(17)15(3)13-9/h7-8H,4-6H2,1-3H3,(H,12,13). The molecule has 0 aliphatic heterocycles. The van der Waals surface area contributed by atoms with Crippen LogP contribution in [0.1, 0.15) is 19.8 Å². The first kappa shape index (κ1) is 12.8. The highest BCUT2D eigenvalue weighted by Crippen LogP contribution is 2.25. The van der Waals surface area contributed by atoms with Crippen molar-refractivity contribution in [3.05, 3.63) is 20.8 Å². The van der Waals surface area contributed by atoms with Crippen LogP contribution >= 0.6 is 0 Å². The van der Waals surface area contributed by atoms with Crippen LogP contribution in [0, 0.1) is 0 Å². The minimum Gasteiger partial charge on any atom is -0.378 e. The summed E-state index contributed by atoms with van der Waals surface area (Å²) in [6, 6.07) is 0.194. The molecule has 0 amide bonds. The van der Waals surface area contributed by atoms with Gasteiger partial charge in [-0.1, -0.05) is 0 Å². The van der Waals surface area contributed by atoms with Crippen molar-refractivity contribution in [3.8, 4) is 0 Å². The summed E-state index contributed by atoms with van der Waals surface area (Å²) >= 11 is 0. The Morgan fingerprint density at radius 3 is 2.67 bits per heavy atom. The third kappa shape index (κ3) is 2.31. The van der Waals surface area contributed by atoms with Crippen molar-refractivity contribution >= 4 is 5.82 Å². The molecule has 7 heteroatoms. The summed E-state index contributed by atoms with van der Waals surface area (Å²) in [6.45, 7) is 2.67. The summed E-state index contributed by atoms with van der Waals surface area (Å²) < 4.78 is 7.65.